The number of benzene rings is 3. The van der Waals surface area contributed by atoms with Crippen LogP contribution in [-0.4, -0.2) is 47.4 Å². The summed E-state index contributed by atoms with van der Waals surface area (Å²) in [6, 6.07) is 29.6. The van der Waals surface area contributed by atoms with E-state index in [0.29, 0.717) is 13.2 Å². The van der Waals surface area contributed by atoms with Crippen LogP contribution < -0.4 is 0 Å². The van der Waals surface area contributed by atoms with Crippen molar-refractivity contribution in [1.29, 1.82) is 0 Å². The van der Waals surface area contributed by atoms with E-state index < -0.39 is 18.5 Å². The van der Waals surface area contributed by atoms with Crippen LogP contribution in [0.5, 0.6) is 0 Å². The Bertz CT molecular complexity index is 1120. The predicted molar refractivity (Wildman–Crippen MR) is 127 cm³/mol. The van der Waals surface area contributed by atoms with E-state index in [1.165, 1.54) is 0 Å². The molecule has 6 nitrogen and oxygen atoms in total. The molecule has 34 heavy (non-hydrogen) atoms. The van der Waals surface area contributed by atoms with Gasteiger partial charge in [-0.3, -0.25) is 4.90 Å². The zero-order valence-electron chi connectivity index (χ0n) is 18.4. The SMILES string of the molecule is O=C1O[C@@H]2C([C@H](Sc3ccccc3)O[C@@H]3COC(c4ccccc4)O[C@@H]23)N1Cc1ccccc1. The van der Waals surface area contributed by atoms with Gasteiger partial charge in [0.15, 0.2) is 12.4 Å². The Kier molecular flexibility index (Phi) is 6.01. The van der Waals surface area contributed by atoms with E-state index in [2.05, 4.69) is 0 Å². The molecule has 1 amide bonds. The second-order valence-corrected chi connectivity index (χ2v) is 9.77. The van der Waals surface area contributed by atoms with Gasteiger partial charge in [0.05, 0.1) is 6.61 Å². The quantitative estimate of drug-likeness (QED) is 0.517. The molecule has 0 bridgehead atoms. The van der Waals surface area contributed by atoms with E-state index in [1.54, 1.807) is 16.7 Å². The number of amides is 1. The summed E-state index contributed by atoms with van der Waals surface area (Å²) in [5, 5.41) is 0. The number of rotatable bonds is 5. The summed E-state index contributed by atoms with van der Waals surface area (Å²) in [6.45, 7) is 0.821. The Balaban J connectivity index is 1.30. The minimum absolute atomic E-state index is 0.298. The molecule has 0 saturated carbocycles. The molecule has 3 aliphatic rings. The monoisotopic (exact) mass is 475 g/mol. The van der Waals surface area contributed by atoms with E-state index in [4.69, 9.17) is 18.9 Å². The van der Waals surface area contributed by atoms with Crippen LogP contribution in [0.1, 0.15) is 17.4 Å². The number of hydrogen-bond donors (Lipinski definition) is 0. The van der Waals surface area contributed by atoms with Crippen LogP contribution in [0.3, 0.4) is 0 Å². The Labute approximate surface area is 202 Å². The highest BCUT2D eigenvalue weighted by Crippen LogP contribution is 2.44. The number of hydrogen-bond acceptors (Lipinski definition) is 6. The van der Waals surface area contributed by atoms with Crippen LogP contribution in [0.2, 0.25) is 0 Å². The van der Waals surface area contributed by atoms with Gasteiger partial charge < -0.3 is 18.9 Å². The zero-order chi connectivity index (χ0) is 22.9. The van der Waals surface area contributed by atoms with Crippen molar-refractivity contribution in [3.63, 3.8) is 0 Å². The first-order valence-electron chi connectivity index (χ1n) is 11.5. The molecule has 174 valence electrons. The Hall–Kier alpha value is -2.84. The first-order chi connectivity index (χ1) is 16.8. The van der Waals surface area contributed by atoms with Gasteiger partial charge in [-0.05, 0) is 17.7 Å². The van der Waals surface area contributed by atoms with Crippen LogP contribution in [0.15, 0.2) is 95.9 Å². The number of thioether (sulfide) groups is 1. The van der Waals surface area contributed by atoms with Gasteiger partial charge in [0, 0.05) is 17.0 Å². The van der Waals surface area contributed by atoms with Gasteiger partial charge in [-0.15, -0.1) is 0 Å². The average molecular weight is 476 g/mol. The van der Waals surface area contributed by atoms with Crippen LogP contribution in [0.25, 0.3) is 0 Å². The minimum atomic E-state index is -0.521. The van der Waals surface area contributed by atoms with Crippen LogP contribution in [0, 0.1) is 0 Å². The topological polar surface area (TPSA) is 57.2 Å². The molecule has 3 aromatic rings. The van der Waals surface area contributed by atoms with Crippen molar-refractivity contribution in [3.8, 4) is 0 Å². The second kappa shape index (κ2) is 9.43. The Morgan fingerprint density at radius 1 is 0.824 bits per heavy atom. The molecule has 6 rings (SSSR count). The third kappa shape index (κ3) is 4.20. The van der Waals surface area contributed by atoms with E-state index in [9.17, 15) is 4.79 Å². The van der Waals surface area contributed by atoms with E-state index in [0.717, 1.165) is 16.0 Å². The maximum atomic E-state index is 13.1. The third-order valence-electron chi connectivity index (χ3n) is 6.40. The molecule has 7 heteroatoms. The molecule has 3 aliphatic heterocycles. The lowest BCUT2D eigenvalue weighted by atomic mass is 9.96. The molecule has 0 aliphatic carbocycles. The lowest BCUT2D eigenvalue weighted by Crippen LogP contribution is -2.62. The summed E-state index contributed by atoms with van der Waals surface area (Å²) in [7, 11) is 0. The normalized spacial score (nSPS) is 30.4. The summed E-state index contributed by atoms with van der Waals surface area (Å²) in [5.41, 5.74) is 1.66. The summed E-state index contributed by atoms with van der Waals surface area (Å²) < 4.78 is 24.9. The Morgan fingerprint density at radius 2 is 1.50 bits per heavy atom. The van der Waals surface area contributed by atoms with Crippen molar-refractivity contribution in [1.82, 2.24) is 4.90 Å². The van der Waals surface area contributed by atoms with E-state index in [-0.39, 0.29) is 23.7 Å². The third-order valence-corrected chi connectivity index (χ3v) is 7.57. The molecular weight excluding hydrogens is 450 g/mol. The minimum Gasteiger partial charge on any atom is -0.441 e. The summed E-state index contributed by atoms with van der Waals surface area (Å²) in [6.07, 6.45) is -2.06. The molecule has 6 atom stereocenters. The highest BCUT2D eigenvalue weighted by atomic mass is 32.2. The van der Waals surface area contributed by atoms with Gasteiger partial charge in [0.2, 0.25) is 0 Å². The number of ether oxygens (including phenoxy) is 4. The van der Waals surface area contributed by atoms with Crippen molar-refractivity contribution in [3.05, 3.63) is 102 Å². The fourth-order valence-corrected chi connectivity index (χ4v) is 6.01. The maximum absolute atomic E-state index is 13.1. The summed E-state index contributed by atoms with van der Waals surface area (Å²) >= 11 is 1.60. The highest BCUT2D eigenvalue weighted by Gasteiger charge is 2.58. The largest absolute Gasteiger partial charge is 0.441 e. The smallest absolute Gasteiger partial charge is 0.411 e. The molecule has 0 radical (unpaired) electrons. The molecule has 0 N–H and O–H groups in total. The molecule has 0 aromatic heterocycles. The van der Waals surface area contributed by atoms with Crippen molar-refractivity contribution < 1.29 is 23.7 Å². The van der Waals surface area contributed by atoms with Gasteiger partial charge in [-0.2, -0.15) is 0 Å². The first kappa shape index (κ1) is 21.7. The predicted octanol–water partition coefficient (Wildman–Crippen LogP) is 5.01. The standard InChI is InChI=1S/C27H25NO5S/c29-27-28(16-18-10-4-1-5-11-18)22-24(33-27)23-21(31-26(22)34-20-14-8-3-9-15-20)17-30-25(32-23)19-12-6-2-7-13-19/h1-15,21-26H,16-17H2/t21-,22?,23-,24-,25?,26+/m1/s1. The molecule has 0 spiro atoms. The van der Waals surface area contributed by atoms with Gasteiger partial charge in [0.1, 0.15) is 23.7 Å². The van der Waals surface area contributed by atoms with Crippen molar-refractivity contribution in [2.24, 2.45) is 0 Å². The molecular formula is C27H25NO5S. The molecule has 3 heterocycles. The number of nitrogens with zero attached hydrogens (tertiary/aromatic N) is 1. The maximum Gasteiger partial charge on any atom is 0.411 e. The Morgan fingerprint density at radius 3 is 2.24 bits per heavy atom. The number of fused-ring (bicyclic) bond motifs is 3. The second-order valence-electron chi connectivity index (χ2n) is 8.60. The zero-order valence-corrected chi connectivity index (χ0v) is 19.3. The molecule has 3 saturated heterocycles. The van der Waals surface area contributed by atoms with Crippen molar-refractivity contribution in [2.75, 3.05) is 6.61 Å². The molecule has 3 fully saturated rings. The fraction of sp³-hybridized carbons (Fsp3) is 0.296. The number of carbonyl (C=O) groups is 1. The summed E-state index contributed by atoms with van der Waals surface area (Å²) in [5.74, 6) is 0. The van der Waals surface area contributed by atoms with Crippen LogP contribution in [-0.2, 0) is 25.5 Å². The van der Waals surface area contributed by atoms with Gasteiger partial charge in [0.25, 0.3) is 0 Å². The van der Waals surface area contributed by atoms with Gasteiger partial charge >= 0.3 is 6.09 Å². The van der Waals surface area contributed by atoms with Crippen molar-refractivity contribution >= 4 is 17.9 Å². The van der Waals surface area contributed by atoms with Gasteiger partial charge in [-0.25, -0.2) is 4.79 Å². The van der Waals surface area contributed by atoms with E-state index >= 15 is 0 Å². The highest BCUT2D eigenvalue weighted by molar-refractivity contribution is 7.99. The molecule has 3 aromatic carbocycles. The fourth-order valence-electron chi connectivity index (χ4n) is 4.79. The van der Waals surface area contributed by atoms with Crippen LogP contribution in [0.4, 0.5) is 4.79 Å². The molecule has 2 unspecified atom stereocenters. The van der Waals surface area contributed by atoms with E-state index in [1.807, 2.05) is 91.0 Å². The number of carbonyl (C=O) groups excluding carboxylic acids is 1. The van der Waals surface area contributed by atoms with Crippen molar-refractivity contribution in [2.45, 2.75) is 47.5 Å². The summed E-state index contributed by atoms with van der Waals surface area (Å²) in [4.78, 5) is 16.0. The first-order valence-corrected chi connectivity index (χ1v) is 12.3. The average Bonchev–Trinajstić information content (AvgIpc) is 3.22. The van der Waals surface area contributed by atoms with Crippen LogP contribution >= 0.6 is 11.8 Å². The lowest BCUT2D eigenvalue weighted by Gasteiger charge is -2.47. The van der Waals surface area contributed by atoms with Gasteiger partial charge in [-0.1, -0.05) is 90.6 Å². The lowest BCUT2D eigenvalue weighted by molar-refractivity contribution is -0.303.